The summed E-state index contributed by atoms with van der Waals surface area (Å²) in [6.45, 7) is -0.626. The molecule has 0 fully saturated rings. The van der Waals surface area contributed by atoms with Crippen molar-refractivity contribution in [2.75, 3.05) is 12.9 Å². The molecule has 0 spiro atoms. The minimum Gasteiger partial charge on any atom is -0.406 e. The Kier molecular flexibility index (Phi) is 6.88. The molecule has 0 bridgehead atoms. The zero-order valence-corrected chi connectivity index (χ0v) is 16.3. The van der Waals surface area contributed by atoms with Gasteiger partial charge in [-0.2, -0.15) is 8.42 Å². The van der Waals surface area contributed by atoms with E-state index in [1.165, 1.54) is 12.1 Å². The quantitative estimate of drug-likeness (QED) is 0.484. The fourth-order valence-corrected chi connectivity index (χ4v) is 3.75. The molecule has 13 heteroatoms. The molecular weight excluding hydrogens is 442 g/mol. The Hall–Kier alpha value is -2.22. The van der Waals surface area contributed by atoms with Crippen LogP contribution in [0, 0.1) is 5.82 Å². The van der Waals surface area contributed by atoms with Crippen LogP contribution in [0.2, 0.25) is 0 Å². The van der Waals surface area contributed by atoms with E-state index < -0.39 is 55.6 Å². The number of sulfonamides is 1. The second kappa shape index (κ2) is 8.65. The van der Waals surface area contributed by atoms with Gasteiger partial charge < -0.3 is 4.74 Å². The van der Waals surface area contributed by atoms with E-state index in [1.54, 1.807) is 0 Å². The summed E-state index contributed by atoms with van der Waals surface area (Å²) in [5.41, 5.74) is 0.204. The number of rotatable bonds is 8. The predicted molar refractivity (Wildman–Crippen MR) is 93.4 cm³/mol. The average Bonchev–Trinajstić information content (AvgIpc) is 2.57. The van der Waals surface area contributed by atoms with Crippen LogP contribution in [0.25, 0.3) is 0 Å². The number of alkyl halides is 3. The van der Waals surface area contributed by atoms with E-state index in [1.807, 2.05) is 0 Å². The third-order valence-corrected chi connectivity index (χ3v) is 5.44. The van der Waals surface area contributed by atoms with Crippen LogP contribution in [0.3, 0.4) is 0 Å². The summed E-state index contributed by atoms with van der Waals surface area (Å²) in [6.07, 6.45) is -4.17. The van der Waals surface area contributed by atoms with Crippen molar-refractivity contribution in [3.63, 3.8) is 0 Å². The molecule has 0 aliphatic heterocycles. The van der Waals surface area contributed by atoms with Crippen LogP contribution in [0.5, 0.6) is 5.75 Å². The Labute approximate surface area is 164 Å². The molecule has 2 rings (SSSR count). The van der Waals surface area contributed by atoms with Crippen molar-refractivity contribution in [1.82, 2.24) is 4.72 Å². The van der Waals surface area contributed by atoms with Crippen molar-refractivity contribution in [3.8, 4) is 5.75 Å². The summed E-state index contributed by atoms with van der Waals surface area (Å²) in [6, 6.07) is 6.69. The molecule has 0 aromatic heterocycles. The molecule has 160 valence electrons. The van der Waals surface area contributed by atoms with Gasteiger partial charge in [0.15, 0.2) is 0 Å². The van der Waals surface area contributed by atoms with E-state index in [0.717, 1.165) is 42.7 Å². The first-order valence-corrected chi connectivity index (χ1v) is 11.0. The lowest BCUT2D eigenvalue weighted by molar-refractivity contribution is -0.274. The van der Waals surface area contributed by atoms with Gasteiger partial charge in [0.25, 0.3) is 10.1 Å². The molecule has 29 heavy (non-hydrogen) atoms. The number of hydrogen-bond acceptors (Lipinski definition) is 6. The summed E-state index contributed by atoms with van der Waals surface area (Å²) in [7, 11) is -8.21. The highest BCUT2D eigenvalue weighted by Crippen LogP contribution is 2.25. The molecule has 0 radical (unpaired) electrons. The molecule has 0 saturated carbocycles. The highest BCUT2D eigenvalue weighted by atomic mass is 32.2. The van der Waals surface area contributed by atoms with Crippen LogP contribution in [0.4, 0.5) is 17.6 Å². The van der Waals surface area contributed by atoms with E-state index in [-0.39, 0.29) is 5.56 Å². The fraction of sp³-hybridized carbons (Fsp3) is 0.250. The highest BCUT2D eigenvalue weighted by molar-refractivity contribution is 7.89. The van der Waals surface area contributed by atoms with Gasteiger partial charge in [-0.25, -0.2) is 17.5 Å². The highest BCUT2D eigenvalue weighted by Gasteiger charge is 2.31. The van der Waals surface area contributed by atoms with Crippen LogP contribution >= 0.6 is 0 Å². The van der Waals surface area contributed by atoms with Crippen LogP contribution in [0.1, 0.15) is 11.6 Å². The maximum atomic E-state index is 13.1. The molecule has 0 aliphatic carbocycles. The fourth-order valence-electron chi connectivity index (χ4n) is 2.16. The van der Waals surface area contributed by atoms with Gasteiger partial charge >= 0.3 is 6.36 Å². The Morgan fingerprint density at radius 3 is 2.00 bits per heavy atom. The average molecular weight is 457 g/mol. The molecular formula is C16H15F4NO6S2. The molecule has 1 N–H and O–H groups in total. The van der Waals surface area contributed by atoms with E-state index >= 15 is 0 Å². The maximum absolute atomic E-state index is 13.1. The van der Waals surface area contributed by atoms with Gasteiger partial charge in [0.1, 0.15) is 11.6 Å². The van der Waals surface area contributed by atoms with Crippen molar-refractivity contribution in [2.45, 2.75) is 17.3 Å². The van der Waals surface area contributed by atoms with Crippen molar-refractivity contribution >= 4 is 20.1 Å². The lowest BCUT2D eigenvalue weighted by Gasteiger charge is -2.19. The zero-order chi connectivity index (χ0) is 21.9. The first-order valence-electron chi connectivity index (χ1n) is 7.73. The number of hydrogen-bond donors (Lipinski definition) is 1. The molecule has 0 saturated heterocycles. The number of benzene rings is 2. The van der Waals surface area contributed by atoms with E-state index in [0.29, 0.717) is 0 Å². The third-order valence-electron chi connectivity index (χ3n) is 3.39. The molecule has 2 aromatic carbocycles. The standard InChI is InChI=1S/C16H15F4NO6S2/c1-28(22,23)26-10-15(11-2-4-12(17)5-3-11)21-29(24,25)14-8-6-13(7-9-14)27-16(18,19)20/h2-9,15,21H,10H2,1H3/t15-/m0/s1. The third kappa shape index (κ3) is 7.61. The maximum Gasteiger partial charge on any atom is 0.573 e. The van der Waals surface area contributed by atoms with Gasteiger partial charge in [0, 0.05) is 0 Å². The normalized spacial score (nSPS) is 13.8. The zero-order valence-electron chi connectivity index (χ0n) is 14.7. The van der Waals surface area contributed by atoms with Crippen molar-refractivity contribution in [2.24, 2.45) is 0 Å². The van der Waals surface area contributed by atoms with Crippen LogP contribution in [-0.4, -0.2) is 36.1 Å². The van der Waals surface area contributed by atoms with E-state index in [2.05, 4.69) is 13.6 Å². The summed E-state index contributed by atoms with van der Waals surface area (Å²) in [4.78, 5) is -0.404. The minimum absolute atomic E-state index is 0.204. The Balaban J connectivity index is 2.26. The second-order valence-corrected chi connectivity index (χ2v) is 9.09. The van der Waals surface area contributed by atoms with Crippen LogP contribution in [-0.2, 0) is 24.3 Å². The lowest BCUT2D eigenvalue weighted by Crippen LogP contribution is -2.32. The molecule has 0 amide bonds. The first-order chi connectivity index (χ1) is 13.3. The SMILES string of the molecule is CS(=O)(=O)OC[C@H](NS(=O)(=O)c1ccc(OC(F)(F)F)cc1)c1ccc(F)cc1. The van der Waals surface area contributed by atoms with Crippen molar-refractivity contribution in [3.05, 3.63) is 59.9 Å². The van der Waals surface area contributed by atoms with Gasteiger partial charge in [0.05, 0.1) is 23.8 Å². The number of nitrogens with one attached hydrogen (secondary N) is 1. The molecule has 2 aromatic rings. The Morgan fingerprint density at radius 1 is 0.966 bits per heavy atom. The predicted octanol–water partition coefficient (Wildman–Crippen LogP) is 2.72. The molecule has 7 nitrogen and oxygen atoms in total. The summed E-state index contributed by atoms with van der Waals surface area (Å²) in [5.74, 6) is -1.22. The summed E-state index contributed by atoms with van der Waals surface area (Å²) >= 11 is 0. The lowest BCUT2D eigenvalue weighted by atomic mass is 10.1. The largest absolute Gasteiger partial charge is 0.573 e. The van der Waals surface area contributed by atoms with Crippen LogP contribution in [0.15, 0.2) is 53.4 Å². The second-order valence-electron chi connectivity index (χ2n) is 5.73. The number of ether oxygens (including phenoxy) is 1. The summed E-state index contributed by atoms with van der Waals surface area (Å²) < 4.78 is 108. The van der Waals surface area contributed by atoms with Gasteiger partial charge in [-0.3, -0.25) is 4.18 Å². The van der Waals surface area contributed by atoms with Crippen LogP contribution < -0.4 is 9.46 Å². The van der Waals surface area contributed by atoms with Gasteiger partial charge in [-0.1, -0.05) is 12.1 Å². The first kappa shape index (κ1) is 23.1. The van der Waals surface area contributed by atoms with Crippen molar-refractivity contribution in [1.29, 1.82) is 0 Å². The van der Waals surface area contributed by atoms with Crippen molar-refractivity contribution < 1.29 is 43.3 Å². The Morgan fingerprint density at radius 2 is 1.52 bits per heavy atom. The topological polar surface area (TPSA) is 98.8 Å². The monoisotopic (exact) mass is 457 g/mol. The van der Waals surface area contributed by atoms with Gasteiger partial charge in [-0.15, -0.1) is 13.2 Å². The van der Waals surface area contributed by atoms with Gasteiger partial charge in [0.2, 0.25) is 10.0 Å². The molecule has 1 atom stereocenters. The van der Waals surface area contributed by atoms with Gasteiger partial charge in [-0.05, 0) is 42.0 Å². The molecule has 0 unspecified atom stereocenters. The molecule has 0 aliphatic rings. The van der Waals surface area contributed by atoms with E-state index in [9.17, 15) is 34.4 Å². The van der Waals surface area contributed by atoms with E-state index in [4.69, 9.17) is 0 Å². The minimum atomic E-state index is -4.94. The number of halogens is 4. The Bertz CT molecular complexity index is 1040. The summed E-state index contributed by atoms with van der Waals surface area (Å²) in [5, 5.41) is 0. The molecule has 0 heterocycles. The smallest absolute Gasteiger partial charge is 0.406 e.